The molecule has 25 heavy (non-hydrogen) atoms. The summed E-state index contributed by atoms with van der Waals surface area (Å²) in [7, 11) is 0. The van der Waals surface area contributed by atoms with Crippen molar-refractivity contribution in [1.29, 1.82) is 0 Å². The molecule has 4 rings (SSSR count). The number of anilines is 1. The summed E-state index contributed by atoms with van der Waals surface area (Å²) in [5.74, 6) is 0.769. The van der Waals surface area contributed by atoms with Gasteiger partial charge in [0.05, 0.1) is 5.69 Å². The van der Waals surface area contributed by atoms with Gasteiger partial charge in [-0.3, -0.25) is 14.7 Å². The van der Waals surface area contributed by atoms with Gasteiger partial charge in [-0.05, 0) is 56.5 Å². The average Bonchev–Trinajstić information content (AvgIpc) is 3.00. The Morgan fingerprint density at radius 3 is 3.00 bits per heavy atom. The van der Waals surface area contributed by atoms with Gasteiger partial charge in [0.1, 0.15) is 0 Å². The summed E-state index contributed by atoms with van der Waals surface area (Å²) in [6, 6.07) is 2.62. The smallest absolute Gasteiger partial charge is 0.255 e. The van der Waals surface area contributed by atoms with Crippen LogP contribution in [0.1, 0.15) is 47.9 Å². The van der Waals surface area contributed by atoms with E-state index in [0.717, 1.165) is 49.8 Å². The fourth-order valence-corrected chi connectivity index (χ4v) is 4.88. The maximum Gasteiger partial charge on any atom is 0.255 e. The Morgan fingerprint density at radius 1 is 1.36 bits per heavy atom. The van der Waals surface area contributed by atoms with E-state index in [9.17, 15) is 4.79 Å². The van der Waals surface area contributed by atoms with Crippen molar-refractivity contribution in [3.05, 3.63) is 43.5 Å². The van der Waals surface area contributed by atoms with Crippen LogP contribution in [0.5, 0.6) is 0 Å². The molecule has 0 amide bonds. The van der Waals surface area contributed by atoms with Crippen LogP contribution >= 0.6 is 11.3 Å². The molecule has 0 spiro atoms. The Morgan fingerprint density at radius 2 is 2.24 bits per heavy atom. The zero-order valence-corrected chi connectivity index (χ0v) is 15.9. The van der Waals surface area contributed by atoms with Crippen molar-refractivity contribution in [1.82, 2.24) is 14.9 Å². The van der Waals surface area contributed by atoms with Gasteiger partial charge in [-0.2, -0.15) is 0 Å². The molecule has 5 nitrogen and oxygen atoms in total. The third-order valence-electron chi connectivity index (χ3n) is 5.55. The predicted octanol–water partition coefficient (Wildman–Crippen LogP) is 3.08. The number of piperidine rings is 1. The lowest BCUT2D eigenvalue weighted by molar-refractivity contribution is 0.242. The molecule has 0 radical (unpaired) electrons. The standard InChI is InChI=1S/C19H26N4OS/c1-13-7-10-25-17(13)12-22-9-6-15-16(11-22)20-19(21-18(15)24)23-8-4-3-5-14(23)2/h7,10,14H,3-6,8-9,11-12H2,1-2H3,(H,20,21,24). The van der Waals surface area contributed by atoms with Gasteiger partial charge in [-0.15, -0.1) is 11.3 Å². The predicted molar refractivity (Wildman–Crippen MR) is 102 cm³/mol. The Balaban J connectivity index is 1.58. The van der Waals surface area contributed by atoms with Crippen molar-refractivity contribution in [2.24, 2.45) is 0 Å². The van der Waals surface area contributed by atoms with Crippen molar-refractivity contribution in [3.63, 3.8) is 0 Å². The summed E-state index contributed by atoms with van der Waals surface area (Å²) in [6.45, 7) is 8.03. The average molecular weight is 359 g/mol. The van der Waals surface area contributed by atoms with Gasteiger partial charge in [0.15, 0.2) is 0 Å². The Kier molecular flexibility index (Phi) is 4.65. The summed E-state index contributed by atoms with van der Waals surface area (Å²) >= 11 is 1.82. The normalized spacial score (nSPS) is 21.4. The summed E-state index contributed by atoms with van der Waals surface area (Å²) in [5.41, 5.74) is 3.27. The minimum absolute atomic E-state index is 0.0599. The van der Waals surface area contributed by atoms with Crippen LogP contribution in [0.25, 0.3) is 0 Å². The first kappa shape index (κ1) is 16.8. The van der Waals surface area contributed by atoms with Gasteiger partial charge in [0.25, 0.3) is 5.56 Å². The SMILES string of the molecule is Cc1ccsc1CN1CCc2c(nc(N3CCCCC3C)[nH]c2=O)C1. The molecule has 134 valence electrons. The van der Waals surface area contributed by atoms with Gasteiger partial charge in [0.2, 0.25) is 5.95 Å². The second kappa shape index (κ2) is 6.92. The summed E-state index contributed by atoms with van der Waals surface area (Å²) < 4.78 is 0. The molecule has 6 heteroatoms. The molecule has 4 heterocycles. The number of aryl methyl sites for hydroxylation is 1. The monoisotopic (exact) mass is 358 g/mol. The maximum atomic E-state index is 12.6. The number of hydrogen-bond acceptors (Lipinski definition) is 5. The van der Waals surface area contributed by atoms with E-state index in [2.05, 4.69) is 40.1 Å². The van der Waals surface area contributed by atoms with Crippen LogP contribution in [0.15, 0.2) is 16.2 Å². The summed E-state index contributed by atoms with van der Waals surface area (Å²) in [5, 5.41) is 2.15. The number of nitrogens with one attached hydrogen (secondary N) is 1. The first-order valence-corrected chi connectivity index (χ1v) is 10.1. The first-order chi connectivity index (χ1) is 12.1. The topological polar surface area (TPSA) is 52.2 Å². The van der Waals surface area contributed by atoms with Crippen LogP contribution in [0.4, 0.5) is 5.95 Å². The van der Waals surface area contributed by atoms with E-state index in [-0.39, 0.29) is 5.56 Å². The molecule has 0 bridgehead atoms. The minimum Gasteiger partial charge on any atom is -0.340 e. The highest BCUT2D eigenvalue weighted by Crippen LogP contribution is 2.25. The molecular formula is C19H26N4OS. The van der Waals surface area contributed by atoms with Crippen molar-refractivity contribution < 1.29 is 0 Å². The zero-order chi connectivity index (χ0) is 17.4. The van der Waals surface area contributed by atoms with Crippen LogP contribution in [0.2, 0.25) is 0 Å². The van der Waals surface area contributed by atoms with Crippen LogP contribution in [0, 0.1) is 6.92 Å². The fourth-order valence-electron chi connectivity index (χ4n) is 3.93. The van der Waals surface area contributed by atoms with E-state index in [1.54, 1.807) is 0 Å². The number of hydrogen-bond donors (Lipinski definition) is 1. The maximum absolute atomic E-state index is 12.6. The highest BCUT2D eigenvalue weighted by atomic mass is 32.1. The molecule has 0 aromatic carbocycles. The molecule has 1 atom stereocenters. The largest absolute Gasteiger partial charge is 0.340 e. The molecular weight excluding hydrogens is 332 g/mol. The van der Waals surface area contributed by atoms with E-state index in [1.807, 2.05) is 11.3 Å². The second-order valence-electron chi connectivity index (χ2n) is 7.34. The number of rotatable bonds is 3. The van der Waals surface area contributed by atoms with E-state index in [4.69, 9.17) is 4.98 Å². The van der Waals surface area contributed by atoms with E-state index in [1.165, 1.54) is 29.7 Å². The molecule has 2 aliphatic heterocycles. The number of thiophene rings is 1. The highest BCUT2D eigenvalue weighted by Gasteiger charge is 2.25. The van der Waals surface area contributed by atoms with Crippen molar-refractivity contribution in [3.8, 4) is 0 Å². The van der Waals surface area contributed by atoms with Gasteiger partial charge in [-0.25, -0.2) is 4.98 Å². The number of H-pyrrole nitrogens is 1. The molecule has 2 aromatic heterocycles. The highest BCUT2D eigenvalue weighted by molar-refractivity contribution is 7.10. The Labute approximate surface area is 152 Å². The quantitative estimate of drug-likeness (QED) is 0.916. The number of aromatic nitrogens is 2. The van der Waals surface area contributed by atoms with Crippen molar-refractivity contribution >= 4 is 17.3 Å². The molecule has 0 aliphatic carbocycles. The molecule has 1 unspecified atom stereocenters. The van der Waals surface area contributed by atoms with E-state index >= 15 is 0 Å². The van der Waals surface area contributed by atoms with Gasteiger partial charge in [0, 0.05) is 42.7 Å². The fraction of sp³-hybridized carbons (Fsp3) is 0.579. The lowest BCUT2D eigenvalue weighted by Crippen LogP contribution is -2.41. The molecule has 0 saturated carbocycles. The Hall–Kier alpha value is -1.66. The third kappa shape index (κ3) is 3.37. The lowest BCUT2D eigenvalue weighted by Gasteiger charge is -2.35. The van der Waals surface area contributed by atoms with E-state index < -0.39 is 0 Å². The summed E-state index contributed by atoms with van der Waals surface area (Å²) in [4.78, 5) is 26.6. The number of fused-ring (bicyclic) bond motifs is 1. The molecule has 2 aliphatic rings. The molecule has 1 saturated heterocycles. The van der Waals surface area contributed by atoms with Crippen LogP contribution in [-0.4, -0.2) is 34.0 Å². The van der Waals surface area contributed by atoms with Gasteiger partial charge < -0.3 is 4.90 Å². The molecule has 2 aromatic rings. The first-order valence-electron chi connectivity index (χ1n) is 9.26. The van der Waals surface area contributed by atoms with Crippen LogP contribution in [0.3, 0.4) is 0 Å². The Bertz CT molecular complexity index is 812. The third-order valence-corrected chi connectivity index (χ3v) is 6.56. The number of nitrogens with zero attached hydrogens (tertiary/aromatic N) is 3. The summed E-state index contributed by atoms with van der Waals surface area (Å²) in [6.07, 6.45) is 4.40. The molecule has 1 fully saturated rings. The second-order valence-corrected chi connectivity index (χ2v) is 8.34. The van der Waals surface area contributed by atoms with Crippen LogP contribution < -0.4 is 10.5 Å². The number of aromatic amines is 1. The van der Waals surface area contributed by atoms with Crippen LogP contribution in [-0.2, 0) is 19.5 Å². The van der Waals surface area contributed by atoms with Crippen molar-refractivity contribution in [2.75, 3.05) is 18.0 Å². The minimum atomic E-state index is 0.0599. The zero-order valence-electron chi connectivity index (χ0n) is 15.0. The van der Waals surface area contributed by atoms with Crippen molar-refractivity contribution in [2.45, 2.75) is 58.7 Å². The lowest BCUT2D eigenvalue weighted by atomic mass is 10.0. The van der Waals surface area contributed by atoms with E-state index in [0.29, 0.717) is 6.04 Å². The van der Waals surface area contributed by atoms with Gasteiger partial charge >= 0.3 is 0 Å². The molecule has 1 N–H and O–H groups in total. The van der Waals surface area contributed by atoms with Gasteiger partial charge in [-0.1, -0.05) is 0 Å².